The van der Waals surface area contributed by atoms with Gasteiger partial charge in [-0.15, -0.1) is 10.2 Å². The zero-order valence-electron chi connectivity index (χ0n) is 24.2. The van der Waals surface area contributed by atoms with Crippen LogP contribution in [0, 0.1) is 0 Å². The summed E-state index contributed by atoms with van der Waals surface area (Å²) in [7, 11) is 0. The minimum atomic E-state index is -2.82. The molecule has 0 radical (unpaired) electrons. The van der Waals surface area contributed by atoms with Crippen LogP contribution in [0.3, 0.4) is 0 Å². The van der Waals surface area contributed by atoms with Crippen molar-refractivity contribution in [3.8, 4) is 5.82 Å². The summed E-state index contributed by atoms with van der Waals surface area (Å²) >= 11 is 0. The number of imidazole rings is 1. The van der Waals surface area contributed by atoms with Crippen molar-refractivity contribution in [3.63, 3.8) is 0 Å². The molecule has 0 bridgehead atoms. The highest BCUT2D eigenvalue weighted by atomic mass is 19.3. The summed E-state index contributed by atoms with van der Waals surface area (Å²) < 4.78 is 37.3. The van der Waals surface area contributed by atoms with E-state index < -0.39 is 18.3 Å². The third-order valence-electron chi connectivity index (χ3n) is 8.27. The van der Waals surface area contributed by atoms with Crippen molar-refractivity contribution in [3.05, 3.63) is 66.4 Å². The summed E-state index contributed by atoms with van der Waals surface area (Å²) in [6.45, 7) is 5.15. The Balaban J connectivity index is 1.13. The van der Waals surface area contributed by atoms with Gasteiger partial charge in [0, 0.05) is 44.4 Å². The number of carbonyl (C=O) groups is 1. The van der Waals surface area contributed by atoms with Gasteiger partial charge in [-0.2, -0.15) is 9.97 Å². The van der Waals surface area contributed by atoms with Crippen LogP contribution in [0.1, 0.15) is 43.8 Å². The molecular formula is C30H32F2N10O2. The number of nitrogens with one attached hydrogen (secondary N) is 1. The Morgan fingerprint density at radius 3 is 2.50 bits per heavy atom. The largest absolute Gasteiger partial charge is 0.378 e. The van der Waals surface area contributed by atoms with E-state index in [0.717, 1.165) is 24.3 Å². The third kappa shape index (κ3) is 5.29. The molecule has 5 aromatic rings. The quantitative estimate of drug-likeness (QED) is 0.296. The number of hydrogen-bond acceptors (Lipinski definition) is 9. The first kappa shape index (κ1) is 28.1. The van der Waals surface area contributed by atoms with Crippen molar-refractivity contribution in [2.45, 2.75) is 38.2 Å². The van der Waals surface area contributed by atoms with E-state index in [2.05, 4.69) is 25.5 Å². The number of morpholine rings is 1. The lowest BCUT2D eigenvalue weighted by Crippen LogP contribution is -2.45. The fraction of sp³-hybridized carbons (Fsp3) is 0.400. The number of benzene rings is 1. The van der Waals surface area contributed by atoms with Crippen LogP contribution >= 0.6 is 0 Å². The molecule has 1 atom stereocenters. The Hall–Kier alpha value is -4.72. The van der Waals surface area contributed by atoms with Crippen molar-refractivity contribution in [2.24, 2.45) is 0 Å². The van der Waals surface area contributed by atoms with Crippen LogP contribution < -0.4 is 10.2 Å². The van der Waals surface area contributed by atoms with Gasteiger partial charge in [-0.3, -0.25) is 13.8 Å². The normalized spacial score (nSPS) is 17.1. The Morgan fingerprint density at radius 1 is 0.955 bits per heavy atom. The van der Waals surface area contributed by atoms with Gasteiger partial charge in [-0.05, 0) is 44.0 Å². The molecule has 14 heteroatoms. The van der Waals surface area contributed by atoms with Gasteiger partial charge in [0.2, 0.25) is 11.9 Å². The lowest BCUT2D eigenvalue weighted by atomic mass is 9.95. The number of aromatic nitrogens is 7. The topological polar surface area (TPSA) is 119 Å². The fourth-order valence-electron chi connectivity index (χ4n) is 6.01. The first-order valence-electron chi connectivity index (χ1n) is 14.8. The van der Waals surface area contributed by atoms with Crippen molar-refractivity contribution in [2.75, 3.05) is 49.6 Å². The molecule has 0 spiro atoms. The summed E-state index contributed by atoms with van der Waals surface area (Å²) in [6, 6.07) is 13.8. The molecule has 1 amide bonds. The number of likely N-dealkylation sites (tertiary alicyclic amines) is 1. The standard InChI is InChI=1S/C30H32F2N10O2/c1-19(29(43)40-12-9-20(10-13-40)27-38-37-23-8-4-5-11-41(23)27)33-30-35-24(39-14-16-44-17-15-39)18-25(36-30)42-22-7-3-2-6-21(22)34-28(42)26(31)32/h2-8,11,18-20,26H,9-10,12-17H2,1H3,(H,33,35,36)/t19-/m0/s1. The highest BCUT2D eigenvalue weighted by Crippen LogP contribution is 2.30. The second kappa shape index (κ2) is 11.8. The summed E-state index contributed by atoms with van der Waals surface area (Å²) in [6.07, 6.45) is 0.682. The highest BCUT2D eigenvalue weighted by Gasteiger charge is 2.30. The molecule has 2 saturated heterocycles. The zero-order valence-corrected chi connectivity index (χ0v) is 24.2. The zero-order chi connectivity index (χ0) is 30.2. The molecular weight excluding hydrogens is 570 g/mol. The molecule has 228 valence electrons. The predicted octanol–water partition coefficient (Wildman–Crippen LogP) is 3.84. The molecule has 1 aromatic carbocycles. The lowest BCUT2D eigenvalue weighted by Gasteiger charge is -2.33. The van der Waals surface area contributed by atoms with Crippen LogP contribution in [0.4, 0.5) is 20.5 Å². The van der Waals surface area contributed by atoms with Gasteiger partial charge < -0.3 is 19.9 Å². The summed E-state index contributed by atoms with van der Waals surface area (Å²) in [4.78, 5) is 30.9. The number of rotatable bonds is 7. The molecule has 7 rings (SSSR count). The number of anilines is 2. The van der Waals surface area contributed by atoms with E-state index in [-0.39, 0.29) is 23.6 Å². The minimum Gasteiger partial charge on any atom is -0.378 e. The van der Waals surface area contributed by atoms with Gasteiger partial charge in [-0.1, -0.05) is 18.2 Å². The number of pyridine rings is 1. The first-order valence-corrected chi connectivity index (χ1v) is 14.8. The highest BCUT2D eigenvalue weighted by molar-refractivity contribution is 5.84. The average molecular weight is 603 g/mol. The summed E-state index contributed by atoms with van der Waals surface area (Å²) in [5.74, 6) is 1.59. The van der Waals surface area contributed by atoms with Crippen LogP contribution in [0.25, 0.3) is 22.5 Å². The number of piperidine rings is 1. The molecule has 0 unspecified atom stereocenters. The molecule has 6 heterocycles. The van der Waals surface area contributed by atoms with Gasteiger partial charge in [0.05, 0.1) is 24.2 Å². The number of fused-ring (bicyclic) bond motifs is 2. The summed E-state index contributed by atoms with van der Waals surface area (Å²) in [5, 5.41) is 11.8. The molecule has 2 aliphatic heterocycles. The van der Waals surface area contributed by atoms with Crippen LogP contribution in [0.5, 0.6) is 0 Å². The van der Waals surface area contributed by atoms with Gasteiger partial charge in [0.15, 0.2) is 11.5 Å². The Kier molecular flexibility index (Phi) is 7.50. The molecule has 4 aromatic heterocycles. The third-order valence-corrected chi connectivity index (χ3v) is 8.27. The SMILES string of the molecule is C[C@H](Nc1nc(N2CCOCC2)cc(-n2c(C(F)F)nc3ccccc32)n1)C(=O)N1CCC(c2nnc3ccccn23)CC1. The van der Waals surface area contributed by atoms with E-state index in [1.807, 2.05) is 38.6 Å². The smallest absolute Gasteiger partial charge is 0.296 e. The minimum absolute atomic E-state index is 0.0853. The maximum atomic E-state index is 14.2. The van der Waals surface area contributed by atoms with E-state index in [9.17, 15) is 13.6 Å². The number of nitrogens with zero attached hydrogens (tertiary/aromatic N) is 9. The lowest BCUT2D eigenvalue weighted by molar-refractivity contribution is -0.132. The molecule has 12 nitrogen and oxygen atoms in total. The van der Waals surface area contributed by atoms with Crippen molar-refractivity contribution < 1.29 is 18.3 Å². The molecule has 0 aliphatic carbocycles. The van der Waals surface area contributed by atoms with Crippen LogP contribution in [0.15, 0.2) is 54.7 Å². The van der Waals surface area contributed by atoms with E-state index >= 15 is 0 Å². The maximum Gasteiger partial charge on any atom is 0.296 e. The van der Waals surface area contributed by atoms with E-state index in [1.165, 1.54) is 4.57 Å². The maximum absolute atomic E-state index is 14.2. The van der Waals surface area contributed by atoms with Gasteiger partial charge in [0.1, 0.15) is 23.5 Å². The van der Waals surface area contributed by atoms with Crippen LogP contribution in [-0.2, 0) is 9.53 Å². The number of amides is 1. The van der Waals surface area contributed by atoms with Gasteiger partial charge >= 0.3 is 0 Å². The Labute approximate surface area is 251 Å². The van der Waals surface area contributed by atoms with Crippen molar-refractivity contribution >= 4 is 34.4 Å². The number of halogens is 2. The Bertz CT molecular complexity index is 1790. The van der Waals surface area contributed by atoms with Crippen LogP contribution in [0.2, 0.25) is 0 Å². The molecule has 2 fully saturated rings. The van der Waals surface area contributed by atoms with E-state index in [4.69, 9.17) is 9.72 Å². The predicted molar refractivity (Wildman–Crippen MR) is 159 cm³/mol. The number of para-hydroxylation sites is 2. The van der Waals surface area contributed by atoms with Gasteiger partial charge in [-0.25, -0.2) is 13.8 Å². The molecule has 0 saturated carbocycles. The fourth-order valence-corrected chi connectivity index (χ4v) is 6.01. The number of alkyl halides is 2. The Morgan fingerprint density at radius 2 is 1.70 bits per heavy atom. The first-order chi connectivity index (χ1) is 21.5. The average Bonchev–Trinajstić information content (AvgIpc) is 3.67. The van der Waals surface area contributed by atoms with E-state index in [1.54, 1.807) is 37.3 Å². The number of hydrogen-bond donors (Lipinski definition) is 1. The number of ether oxygens (including phenoxy) is 1. The van der Waals surface area contributed by atoms with E-state index in [0.29, 0.717) is 56.2 Å². The number of carbonyl (C=O) groups excluding carboxylic acids is 1. The molecule has 44 heavy (non-hydrogen) atoms. The van der Waals surface area contributed by atoms with Crippen molar-refractivity contribution in [1.82, 2.24) is 39.0 Å². The molecule has 2 aliphatic rings. The van der Waals surface area contributed by atoms with Gasteiger partial charge in [0.25, 0.3) is 6.43 Å². The molecule has 1 N–H and O–H groups in total. The van der Waals surface area contributed by atoms with Crippen molar-refractivity contribution in [1.29, 1.82) is 0 Å². The summed E-state index contributed by atoms with van der Waals surface area (Å²) in [5.41, 5.74) is 1.75. The van der Waals surface area contributed by atoms with Crippen LogP contribution in [-0.4, -0.2) is 90.4 Å². The second-order valence-corrected chi connectivity index (χ2v) is 11.1. The second-order valence-electron chi connectivity index (χ2n) is 11.1. The monoisotopic (exact) mass is 602 g/mol.